The van der Waals surface area contributed by atoms with Crippen molar-refractivity contribution in [1.82, 2.24) is 0 Å². The summed E-state index contributed by atoms with van der Waals surface area (Å²) in [7, 11) is 2.96. The van der Waals surface area contributed by atoms with E-state index in [2.05, 4.69) is 0 Å². The Morgan fingerprint density at radius 1 is 1.30 bits per heavy atom. The van der Waals surface area contributed by atoms with Crippen molar-refractivity contribution in [3.05, 3.63) is 29.5 Å². The van der Waals surface area contributed by atoms with E-state index in [9.17, 15) is 9.59 Å². The third-order valence-electron chi connectivity index (χ3n) is 3.75. The highest BCUT2D eigenvalue weighted by molar-refractivity contribution is 6.18. The molecule has 0 spiro atoms. The first-order chi connectivity index (χ1) is 11.0. The van der Waals surface area contributed by atoms with Gasteiger partial charge in [0.2, 0.25) is 0 Å². The lowest BCUT2D eigenvalue weighted by molar-refractivity contribution is 0.102. The molecular weight excluding hydrogens is 300 g/mol. The maximum Gasteiger partial charge on any atom is 0.414 e. The minimum Gasteiger partial charge on any atom is -0.493 e. The quantitative estimate of drug-likeness (QED) is 0.858. The average molecular weight is 320 g/mol. The molecule has 1 aromatic rings. The zero-order valence-corrected chi connectivity index (χ0v) is 13.6. The van der Waals surface area contributed by atoms with Crippen LogP contribution in [-0.4, -0.2) is 38.7 Å². The summed E-state index contributed by atoms with van der Waals surface area (Å²) in [6.07, 6.45) is 0.666. The largest absolute Gasteiger partial charge is 0.493 e. The molecule has 0 saturated carbocycles. The summed E-state index contributed by atoms with van der Waals surface area (Å²) in [6.45, 7) is 3.65. The number of anilines is 1. The predicted molar refractivity (Wildman–Crippen MR) is 85.1 cm³/mol. The highest BCUT2D eigenvalue weighted by Gasteiger charge is 2.38. The topological polar surface area (TPSA) is 91.1 Å². The third-order valence-corrected chi connectivity index (χ3v) is 3.75. The zero-order chi connectivity index (χ0) is 17.1. The molecule has 0 fully saturated rings. The number of nitrogens with two attached hydrogens (primary N) is 1. The van der Waals surface area contributed by atoms with Gasteiger partial charge < -0.3 is 19.9 Å². The smallest absolute Gasteiger partial charge is 0.414 e. The second kappa shape index (κ2) is 6.60. The van der Waals surface area contributed by atoms with Crippen LogP contribution < -0.4 is 20.1 Å². The van der Waals surface area contributed by atoms with E-state index in [1.165, 1.54) is 31.4 Å². The molecule has 1 aliphatic heterocycles. The van der Waals surface area contributed by atoms with E-state index >= 15 is 0 Å². The Kier molecular flexibility index (Phi) is 4.78. The zero-order valence-electron chi connectivity index (χ0n) is 13.6. The lowest BCUT2D eigenvalue weighted by atomic mass is 9.90. The fourth-order valence-corrected chi connectivity index (χ4v) is 2.61. The molecule has 0 aliphatic carbocycles. The number of hydrogen-bond acceptors (Lipinski definition) is 6. The van der Waals surface area contributed by atoms with Gasteiger partial charge in [-0.3, -0.25) is 9.69 Å². The molecule has 0 aromatic heterocycles. The van der Waals surface area contributed by atoms with Crippen LogP contribution in [0.4, 0.5) is 10.5 Å². The maximum atomic E-state index is 12.6. The van der Waals surface area contributed by atoms with E-state index < -0.39 is 12.1 Å². The average Bonchev–Trinajstić information content (AvgIpc) is 2.54. The number of ether oxygens (including phenoxy) is 3. The number of carbonyl (C=O) groups excluding carboxylic acids is 2. The molecule has 0 bridgehead atoms. The van der Waals surface area contributed by atoms with Gasteiger partial charge in [-0.1, -0.05) is 0 Å². The van der Waals surface area contributed by atoms with Gasteiger partial charge in [-0.2, -0.15) is 0 Å². The van der Waals surface area contributed by atoms with E-state index in [1.807, 2.05) is 0 Å². The van der Waals surface area contributed by atoms with Gasteiger partial charge in [0.05, 0.1) is 38.1 Å². The van der Waals surface area contributed by atoms with E-state index in [0.717, 1.165) is 0 Å². The normalized spacial score (nSPS) is 18.6. The van der Waals surface area contributed by atoms with E-state index in [0.29, 0.717) is 28.3 Å². The first-order valence-corrected chi connectivity index (χ1v) is 7.18. The number of ketones is 1. The molecule has 1 amide bonds. The van der Waals surface area contributed by atoms with Gasteiger partial charge in [-0.05, 0) is 19.9 Å². The Bertz CT molecular complexity index is 669. The number of fused-ring (bicyclic) bond motifs is 1. The molecule has 1 heterocycles. The van der Waals surface area contributed by atoms with Crippen LogP contribution in [0.15, 0.2) is 23.9 Å². The summed E-state index contributed by atoms with van der Waals surface area (Å²) in [5.41, 5.74) is 6.62. The molecule has 0 radical (unpaired) electrons. The van der Waals surface area contributed by atoms with Crippen molar-refractivity contribution in [1.29, 1.82) is 0 Å². The van der Waals surface area contributed by atoms with Gasteiger partial charge in [0.25, 0.3) is 0 Å². The molecule has 1 atom stereocenters. The number of nitrogens with zero attached hydrogens (tertiary/aromatic N) is 1. The molecule has 1 aliphatic rings. The third kappa shape index (κ3) is 2.69. The van der Waals surface area contributed by atoms with Crippen molar-refractivity contribution in [2.45, 2.75) is 19.9 Å². The molecule has 124 valence electrons. The second-order valence-electron chi connectivity index (χ2n) is 4.92. The number of amides is 1. The molecule has 1 aromatic carbocycles. The van der Waals surface area contributed by atoms with Crippen LogP contribution in [-0.2, 0) is 4.74 Å². The Hall–Kier alpha value is -2.70. The van der Waals surface area contributed by atoms with Crippen LogP contribution in [0.1, 0.15) is 24.2 Å². The first-order valence-electron chi connectivity index (χ1n) is 7.18. The van der Waals surface area contributed by atoms with E-state index in [4.69, 9.17) is 19.9 Å². The summed E-state index contributed by atoms with van der Waals surface area (Å²) < 4.78 is 15.6. The number of rotatable bonds is 3. The van der Waals surface area contributed by atoms with Gasteiger partial charge in [-0.15, -0.1) is 0 Å². The van der Waals surface area contributed by atoms with Crippen molar-refractivity contribution in [3.8, 4) is 11.5 Å². The van der Waals surface area contributed by atoms with Crippen LogP contribution in [0, 0.1) is 0 Å². The molecule has 2 rings (SSSR count). The summed E-state index contributed by atoms with van der Waals surface area (Å²) in [4.78, 5) is 26.4. The number of carbonyl (C=O) groups is 2. The lowest BCUT2D eigenvalue weighted by Gasteiger charge is -2.35. The molecular formula is C16H20N2O5. The Balaban J connectivity index is 2.69. The summed E-state index contributed by atoms with van der Waals surface area (Å²) in [5.74, 6) is 0.562. The van der Waals surface area contributed by atoms with Crippen molar-refractivity contribution < 1.29 is 23.8 Å². The SMILES string of the molecule is CCOC(=O)N1c2cc(OC)c(OC)cc2C(=O)C(=CN)C1C. The van der Waals surface area contributed by atoms with Crippen LogP contribution in [0.5, 0.6) is 11.5 Å². The molecule has 0 saturated heterocycles. The number of benzene rings is 1. The van der Waals surface area contributed by atoms with Crippen LogP contribution in [0.25, 0.3) is 0 Å². The van der Waals surface area contributed by atoms with Gasteiger partial charge in [0.15, 0.2) is 17.3 Å². The first kappa shape index (κ1) is 16.7. The number of Topliss-reactive ketones (excluding diaryl/α,β-unsaturated/α-hetero) is 1. The van der Waals surface area contributed by atoms with Crippen LogP contribution in [0.3, 0.4) is 0 Å². The maximum absolute atomic E-state index is 12.6. The minimum atomic E-state index is -0.555. The Labute approximate surface area is 134 Å². The number of hydrogen-bond donors (Lipinski definition) is 1. The molecule has 7 heteroatoms. The van der Waals surface area contributed by atoms with Crippen LogP contribution >= 0.6 is 0 Å². The van der Waals surface area contributed by atoms with E-state index in [1.54, 1.807) is 19.9 Å². The summed E-state index contributed by atoms with van der Waals surface area (Å²) >= 11 is 0. The summed E-state index contributed by atoms with van der Waals surface area (Å²) in [5, 5.41) is 0. The van der Waals surface area contributed by atoms with Gasteiger partial charge >= 0.3 is 6.09 Å². The lowest BCUT2D eigenvalue weighted by Crippen LogP contribution is -2.46. The molecule has 1 unspecified atom stereocenters. The van der Waals surface area contributed by atoms with Crippen molar-refractivity contribution in [3.63, 3.8) is 0 Å². The minimum absolute atomic E-state index is 0.223. The van der Waals surface area contributed by atoms with E-state index in [-0.39, 0.29) is 12.4 Å². The number of methoxy groups -OCH3 is 2. The highest BCUT2D eigenvalue weighted by Crippen LogP contribution is 2.41. The van der Waals surface area contributed by atoms with Crippen molar-refractivity contribution >= 4 is 17.6 Å². The van der Waals surface area contributed by atoms with Crippen LogP contribution in [0.2, 0.25) is 0 Å². The Morgan fingerprint density at radius 2 is 1.91 bits per heavy atom. The van der Waals surface area contributed by atoms with Crippen molar-refractivity contribution in [2.24, 2.45) is 5.73 Å². The van der Waals surface area contributed by atoms with Gasteiger partial charge in [0.1, 0.15) is 0 Å². The fourth-order valence-electron chi connectivity index (χ4n) is 2.61. The monoisotopic (exact) mass is 320 g/mol. The fraction of sp³-hybridized carbons (Fsp3) is 0.375. The molecule has 23 heavy (non-hydrogen) atoms. The van der Waals surface area contributed by atoms with Gasteiger partial charge in [-0.25, -0.2) is 4.79 Å². The highest BCUT2D eigenvalue weighted by atomic mass is 16.6. The van der Waals surface area contributed by atoms with Gasteiger partial charge in [0, 0.05) is 17.8 Å². The molecule has 2 N–H and O–H groups in total. The standard InChI is InChI=1S/C16H20N2O5/c1-5-23-16(20)18-9(2)11(8-17)15(19)10-6-13(21-3)14(22-4)7-12(10)18/h6-9H,5,17H2,1-4H3. The molecule has 7 nitrogen and oxygen atoms in total. The Morgan fingerprint density at radius 3 is 2.43 bits per heavy atom. The summed E-state index contributed by atoms with van der Waals surface area (Å²) in [6, 6.07) is 2.59. The second-order valence-corrected chi connectivity index (χ2v) is 4.92. The predicted octanol–water partition coefficient (Wildman–Crippen LogP) is 2.09. The van der Waals surface area contributed by atoms with Crippen molar-refractivity contribution in [2.75, 3.05) is 25.7 Å².